The van der Waals surface area contributed by atoms with Crippen molar-refractivity contribution in [3.63, 3.8) is 0 Å². The second-order valence-electron chi connectivity index (χ2n) is 2.68. The minimum Gasteiger partial charge on any atom is -0.333 e. The van der Waals surface area contributed by atoms with Crippen LogP contribution in [0.3, 0.4) is 0 Å². The van der Waals surface area contributed by atoms with E-state index < -0.39 is 0 Å². The van der Waals surface area contributed by atoms with Gasteiger partial charge in [-0.3, -0.25) is 0 Å². The van der Waals surface area contributed by atoms with Crippen LogP contribution in [-0.2, 0) is 0 Å². The molecule has 0 aliphatic carbocycles. The summed E-state index contributed by atoms with van der Waals surface area (Å²) >= 11 is 0. The van der Waals surface area contributed by atoms with Gasteiger partial charge < -0.3 is 4.48 Å². The molecule has 0 amide bonds. The van der Waals surface area contributed by atoms with Gasteiger partial charge in [0.05, 0.1) is 28.2 Å². The lowest BCUT2D eigenvalue weighted by Crippen LogP contribution is -2.27. The largest absolute Gasteiger partial charge is 0.333 e. The highest BCUT2D eigenvalue weighted by Crippen LogP contribution is 1.73. The van der Waals surface area contributed by atoms with E-state index in [4.69, 9.17) is 0 Å². The zero-order valence-electron chi connectivity index (χ0n) is 4.45. The molecule has 34 valence electrons. The Labute approximate surface area is 35.3 Å². The summed E-state index contributed by atoms with van der Waals surface area (Å²) in [5.41, 5.74) is 0. The summed E-state index contributed by atoms with van der Waals surface area (Å²) in [7, 11) is 8.50. The van der Waals surface area contributed by atoms with Crippen molar-refractivity contribution in [3.8, 4) is 0 Å². The predicted molar refractivity (Wildman–Crippen MR) is 26.1 cm³/mol. The second kappa shape index (κ2) is 0.977. The summed E-state index contributed by atoms with van der Waals surface area (Å²) in [4.78, 5) is 0. The van der Waals surface area contributed by atoms with Crippen LogP contribution in [0.1, 0.15) is 1.43 Å². The Morgan fingerprint density at radius 1 is 1.00 bits per heavy atom. The number of hydrogen-bond donors (Lipinski definition) is 0. The molecule has 0 heterocycles. The molecule has 0 rings (SSSR count). The zero-order valence-corrected chi connectivity index (χ0v) is 4.45. The third-order valence-electron chi connectivity index (χ3n) is 0. The van der Waals surface area contributed by atoms with Crippen LogP contribution in [-0.4, -0.2) is 32.7 Å². The van der Waals surface area contributed by atoms with E-state index in [1.165, 1.54) is 0 Å². The summed E-state index contributed by atoms with van der Waals surface area (Å²) in [5, 5.41) is 0. The van der Waals surface area contributed by atoms with E-state index in [1.807, 2.05) is 0 Å². The van der Waals surface area contributed by atoms with Gasteiger partial charge in [-0.05, 0) is 0 Å². The molecule has 0 aromatic carbocycles. The highest BCUT2D eigenvalue weighted by atomic mass is 15.2. The fraction of sp³-hybridized carbons (Fsp3) is 1.00. The molecule has 0 fully saturated rings. The monoisotopic (exact) mass is 76.1 g/mol. The maximum atomic E-state index is 2.12. The zero-order chi connectivity index (χ0) is 4.50. The summed E-state index contributed by atoms with van der Waals surface area (Å²) in [5.74, 6) is 0. The molecule has 1 heteroatoms. The molecule has 0 aromatic heterocycles. The Morgan fingerprint density at radius 2 is 1.00 bits per heavy atom. The van der Waals surface area contributed by atoms with Gasteiger partial charge in [0.1, 0.15) is 0 Å². The standard InChI is InChI=1S/C4H12N.H2/c1-5(2,3)4;/h1-4H3;1H/q+1;. The topological polar surface area (TPSA) is 0 Å². The van der Waals surface area contributed by atoms with Crippen LogP contribution in [0.4, 0.5) is 0 Å². The van der Waals surface area contributed by atoms with Gasteiger partial charge in [-0.25, -0.2) is 0 Å². The van der Waals surface area contributed by atoms with Crippen LogP contribution in [0, 0.1) is 0 Å². The van der Waals surface area contributed by atoms with Gasteiger partial charge in [0.25, 0.3) is 0 Å². The van der Waals surface area contributed by atoms with Gasteiger partial charge in [0.2, 0.25) is 0 Å². The summed E-state index contributed by atoms with van der Waals surface area (Å²) < 4.78 is 1.00. The molecule has 0 N–H and O–H groups in total. The SMILES string of the molecule is C[N+](C)(C)C.[HH]. The highest BCUT2D eigenvalue weighted by molar-refractivity contribution is 3.87. The van der Waals surface area contributed by atoms with Gasteiger partial charge in [0.15, 0.2) is 0 Å². The van der Waals surface area contributed by atoms with Gasteiger partial charge in [-0.15, -0.1) is 0 Å². The van der Waals surface area contributed by atoms with Crippen LogP contribution in [0.2, 0.25) is 0 Å². The maximum Gasteiger partial charge on any atom is 0.0675 e. The van der Waals surface area contributed by atoms with E-state index in [-0.39, 0.29) is 1.43 Å². The number of quaternary nitrogens is 1. The maximum absolute atomic E-state index is 2.12. The first-order valence-corrected chi connectivity index (χ1v) is 1.79. The first kappa shape index (κ1) is 4.96. The Kier molecular flexibility index (Phi) is 0.969. The van der Waals surface area contributed by atoms with Crippen molar-refractivity contribution in [1.29, 1.82) is 0 Å². The van der Waals surface area contributed by atoms with E-state index >= 15 is 0 Å². The lowest BCUT2D eigenvalue weighted by molar-refractivity contribution is -0.849. The molecule has 0 atom stereocenters. The minimum absolute atomic E-state index is 0. The molecule has 0 bridgehead atoms. The van der Waals surface area contributed by atoms with E-state index in [2.05, 4.69) is 28.2 Å². The molecule has 0 aliphatic heterocycles. The fourth-order valence-corrected chi connectivity index (χ4v) is 0. The molecule has 0 aromatic rings. The molecular weight excluding hydrogens is 62.1 g/mol. The Hall–Kier alpha value is -0.0400. The number of rotatable bonds is 0. The molecular formula is C4H14N+. The molecule has 5 heavy (non-hydrogen) atoms. The first-order chi connectivity index (χ1) is 2.00. The molecule has 0 spiro atoms. The summed E-state index contributed by atoms with van der Waals surface area (Å²) in [6.45, 7) is 0. The molecule has 0 saturated carbocycles. The van der Waals surface area contributed by atoms with Crippen LogP contribution in [0.5, 0.6) is 0 Å². The lowest BCUT2D eigenvalue weighted by atomic mass is 10.8. The molecule has 0 unspecified atom stereocenters. The van der Waals surface area contributed by atoms with Crippen LogP contribution in [0.25, 0.3) is 0 Å². The first-order valence-electron chi connectivity index (χ1n) is 1.79. The Morgan fingerprint density at radius 3 is 1.00 bits per heavy atom. The normalized spacial score (nSPS) is 12.0. The number of hydrogen-bond acceptors (Lipinski definition) is 0. The fourth-order valence-electron chi connectivity index (χ4n) is 0. The van der Waals surface area contributed by atoms with Crippen LogP contribution >= 0.6 is 0 Å². The van der Waals surface area contributed by atoms with Crippen LogP contribution in [0.15, 0.2) is 0 Å². The van der Waals surface area contributed by atoms with Crippen molar-refractivity contribution in [2.75, 3.05) is 28.2 Å². The van der Waals surface area contributed by atoms with Crippen molar-refractivity contribution in [1.82, 2.24) is 0 Å². The lowest BCUT2D eigenvalue weighted by Gasteiger charge is -2.14. The quantitative estimate of drug-likeness (QED) is 0.370. The van der Waals surface area contributed by atoms with Gasteiger partial charge >= 0.3 is 0 Å². The number of nitrogens with zero attached hydrogens (tertiary/aromatic N) is 1. The van der Waals surface area contributed by atoms with Gasteiger partial charge in [-0.1, -0.05) is 0 Å². The molecule has 0 aliphatic rings. The molecule has 1 nitrogen and oxygen atoms in total. The molecule has 0 radical (unpaired) electrons. The van der Waals surface area contributed by atoms with E-state index in [0.717, 1.165) is 4.48 Å². The van der Waals surface area contributed by atoms with E-state index in [1.54, 1.807) is 0 Å². The smallest absolute Gasteiger partial charge is 0.0675 e. The average molecular weight is 76.2 g/mol. The van der Waals surface area contributed by atoms with E-state index in [9.17, 15) is 0 Å². The third kappa shape index (κ3) is 9510. The van der Waals surface area contributed by atoms with Gasteiger partial charge in [-0.2, -0.15) is 0 Å². The van der Waals surface area contributed by atoms with E-state index in [0.29, 0.717) is 0 Å². The van der Waals surface area contributed by atoms with Crippen molar-refractivity contribution in [2.24, 2.45) is 0 Å². The van der Waals surface area contributed by atoms with Crippen molar-refractivity contribution in [2.45, 2.75) is 0 Å². The summed E-state index contributed by atoms with van der Waals surface area (Å²) in [6.07, 6.45) is 0. The predicted octanol–water partition coefficient (Wildman–Crippen LogP) is 0.568. The van der Waals surface area contributed by atoms with Crippen molar-refractivity contribution in [3.05, 3.63) is 0 Å². The molecule has 0 saturated heterocycles. The minimum atomic E-state index is 0. The Bertz CT molecular complexity index is 23.0. The average Bonchev–Trinajstić information content (AvgIpc) is 0.722. The van der Waals surface area contributed by atoms with Gasteiger partial charge in [0, 0.05) is 1.43 Å². The highest BCUT2D eigenvalue weighted by Gasteiger charge is 1.88. The Balaban J connectivity index is 0. The second-order valence-corrected chi connectivity index (χ2v) is 2.68. The van der Waals surface area contributed by atoms with Crippen LogP contribution < -0.4 is 0 Å². The third-order valence-corrected chi connectivity index (χ3v) is 0. The van der Waals surface area contributed by atoms with Crippen molar-refractivity contribution >= 4 is 0 Å². The van der Waals surface area contributed by atoms with Crippen molar-refractivity contribution < 1.29 is 5.91 Å². The summed E-state index contributed by atoms with van der Waals surface area (Å²) in [6, 6.07) is 0.